The summed E-state index contributed by atoms with van der Waals surface area (Å²) < 4.78 is 29.2. The van der Waals surface area contributed by atoms with Crippen molar-refractivity contribution in [1.82, 2.24) is 19.5 Å². The van der Waals surface area contributed by atoms with E-state index in [4.69, 9.17) is 9.97 Å². The van der Waals surface area contributed by atoms with Gasteiger partial charge in [0.05, 0.1) is 23.0 Å². The molecule has 10 nitrogen and oxygen atoms in total. The van der Waals surface area contributed by atoms with Crippen molar-refractivity contribution in [3.63, 3.8) is 0 Å². The second kappa shape index (κ2) is 10.3. The molecule has 1 aliphatic rings. The van der Waals surface area contributed by atoms with Gasteiger partial charge in [-0.05, 0) is 69.0 Å². The molecule has 11 heteroatoms. The van der Waals surface area contributed by atoms with Crippen LogP contribution in [-0.4, -0.2) is 52.2 Å². The van der Waals surface area contributed by atoms with E-state index >= 15 is 0 Å². The second-order valence-electron chi connectivity index (χ2n) is 9.21. The Bertz CT molecular complexity index is 1470. The number of nitrogens with zero attached hydrogens (tertiary/aromatic N) is 5. The van der Waals surface area contributed by atoms with Crippen molar-refractivity contribution in [2.75, 3.05) is 22.0 Å². The van der Waals surface area contributed by atoms with Crippen molar-refractivity contribution in [2.24, 2.45) is 0 Å². The van der Waals surface area contributed by atoms with Crippen LogP contribution in [0.3, 0.4) is 0 Å². The van der Waals surface area contributed by atoms with Gasteiger partial charge in [-0.1, -0.05) is 18.2 Å². The first-order valence-corrected chi connectivity index (χ1v) is 13.9. The fourth-order valence-corrected chi connectivity index (χ4v) is 5.73. The lowest BCUT2D eigenvalue weighted by Gasteiger charge is -2.26. The minimum atomic E-state index is -3.66. The molecule has 0 bridgehead atoms. The molecule has 194 valence electrons. The number of rotatable bonds is 8. The molecule has 1 saturated carbocycles. The Morgan fingerprint density at radius 2 is 1.73 bits per heavy atom. The van der Waals surface area contributed by atoms with Crippen molar-refractivity contribution in [3.05, 3.63) is 60.9 Å². The number of imidazole rings is 1. The number of fused-ring (bicyclic) bond motifs is 1. The Balaban J connectivity index is 1.39. The van der Waals surface area contributed by atoms with Gasteiger partial charge >= 0.3 is 0 Å². The number of anilines is 4. The van der Waals surface area contributed by atoms with Gasteiger partial charge in [-0.3, -0.25) is 4.31 Å². The second-order valence-corrected chi connectivity index (χ2v) is 11.2. The monoisotopic (exact) mass is 521 g/mol. The summed E-state index contributed by atoms with van der Waals surface area (Å²) >= 11 is 0. The van der Waals surface area contributed by atoms with E-state index in [1.54, 1.807) is 55.8 Å². The van der Waals surface area contributed by atoms with E-state index in [1.807, 2.05) is 23.6 Å². The maximum Gasteiger partial charge on any atom is 0.264 e. The average Bonchev–Trinajstić information content (AvgIpc) is 3.34. The number of aliphatic hydroxyl groups is 1. The maximum absolute atomic E-state index is 13.0. The molecule has 1 aliphatic carbocycles. The zero-order valence-electron chi connectivity index (χ0n) is 20.9. The lowest BCUT2D eigenvalue weighted by molar-refractivity contribution is 0.126. The van der Waals surface area contributed by atoms with Gasteiger partial charge < -0.3 is 20.3 Å². The van der Waals surface area contributed by atoms with Crippen LogP contribution in [0.5, 0.6) is 0 Å². The van der Waals surface area contributed by atoms with E-state index in [9.17, 15) is 13.5 Å². The predicted molar refractivity (Wildman–Crippen MR) is 145 cm³/mol. The van der Waals surface area contributed by atoms with Gasteiger partial charge in [0, 0.05) is 25.3 Å². The molecular formula is C26H31N7O3S. The molecule has 5 rings (SSSR count). The number of aliphatic hydroxyl groups excluding tert-OH is 1. The first-order valence-electron chi connectivity index (χ1n) is 12.4. The molecule has 37 heavy (non-hydrogen) atoms. The van der Waals surface area contributed by atoms with Crippen LogP contribution < -0.4 is 14.9 Å². The van der Waals surface area contributed by atoms with E-state index in [0.717, 1.165) is 43.6 Å². The Morgan fingerprint density at radius 3 is 2.41 bits per heavy atom. The summed E-state index contributed by atoms with van der Waals surface area (Å²) in [6.07, 6.45) is 4.76. The third-order valence-electron chi connectivity index (χ3n) is 6.73. The number of hydrogen-bond donors (Lipinski definition) is 3. The zero-order valence-corrected chi connectivity index (χ0v) is 21.7. The highest BCUT2D eigenvalue weighted by molar-refractivity contribution is 7.92. The number of hydrogen-bond acceptors (Lipinski definition) is 8. The maximum atomic E-state index is 13.0. The third-order valence-corrected chi connectivity index (χ3v) is 8.53. The van der Waals surface area contributed by atoms with Gasteiger partial charge in [-0.25, -0.2) is 13.4 Å². The minimum Gasteiger partial charge on any atom is -0.393 e. The molecule has 0 amide bonds. The highest BCUT2D eigenvalue weighted by Crippen LogP contribution is 2.28. The topological polar surface area (TPSA) is 125 Å². The highest BCUT2D eigenvalue weighted by atomic mass is 32.2. The standard InChI is InChI=1S/C26H31N7O3S/c1-3-33-17-27-23-24(30-26(31-25(23)33)29-19-11-15-21(34)16-12-19)28-18-9-13-20(14-10-18)32(2)37(35,36)22-7-5-4-6-8-22/h4-10,13-14,17,19,21,34H,3,11-12,15-16H2,1-2H3,(H2,28,29,30,31). The van der Waals surface area contributed by atoms with Crippen molar-refractivity contribution in [1.29, 1.82) is 0 Å². The third kappa shape index (κ3) is 5.23. The summed E-state index contributed by atoms with van der Waals surface area (Å²) in [4.78, 5) is 14.2. The van der Waals surface area contributed by atoms with Crippen LogP contribution in [0.4, 0.5) is 23.1 Å². The summed E-state index contributed by atoms with van der Waals surface area (Å²) in [7, 11) is -2.12. The Hall–Kier alpha value is -3.70. The summed E-state index contributed by atoms with van der Waals surface area (Å²) in [6.45, 7) is 2.75. The summed E-state index contributed by atoms with van der Waals surface area (Å²) in [5.41, 5.74) is 2.66. The SMILES string of the molecule is CCn1cnc2c(Nc3ccc(N(C)S(=O)(=O)c4ccccc4)cc3)nc(NC3CCC(O)CC3)nc21. The van der Waals surface area contributed by atoms with Gasteiger partial charge in [0.25, 0.3) is 10.0 Å². The summed E-state index contributed by atoms with van der Waals surface area (Å²) in [5, 5.41) is 16.6. The van der Waals surface area contributed by atoms with E-state index < -0.39 is 10.0 Å². The van der Waals surface area contributed by atoms with Crippen LogP contribution in [-0.2, 0) is 16.6 Å². The molecule has 0 atom stereocenters. The molecule has 0 unspecified atom stereocenters. The van der Waals surface area contributed by atoms with Gasteiger partial charge in [-0.15, -0.1) is 0 Å². The normalized spacial score (nSPS) is 18.0. The predicted octanol–water partition coefficient (Wildman–Crippen LogP) is 4.13. The van der Waals surface area contributed by atoms with Crippen LogP contribution in [0.1, 0.15) is 32.6 Å². The van der Waals surface area contributed by atoms with Crippen molar-refractivity contribution < 1.29 is 13.5 Å². The molecule has 2 aromatic heterocycles. The molecular weight excluding hydrogens is 490 g/mol. The van der Waals surface area contributed by atoms with E-state index in [-0.39, 0.29) is 17.0 Å². The van der Waals surface area contributed by atoms with E-state index in [2.05, 4.69) is 15.6 Å². The van der Waals surface area contributed by atoms with Crippen molar-refractivity contribution in [2.45, 2.75) is 56.2 Å². The van der Waals surface area contributed by atoms with Crippen LogP contribution in [0.2, 0.25) is 0 Å². The smallest absolute Gasteiger partial charge is 0.264 e. The van der Waals surface area contributed by atoms with E-state index in [0.29, 0.717) is 23.0 Å². The number of aromatic nitrogens is 4. The van der Waals surface area contributed by atoms with Crippen LogP contribution in [0.25, 0.3) is 11.2 Å². The number of sulfonamides is 1. The molecule has 0 saturated heterocycles. The van der Waals surface area contributed by atoms with Crippen LogP contribution in [0.15, 0.2) is 65.8 Å². The average molecular weight is 522 g/mol. The molecule has 2 aromatic carbocycles. The fourth-order valence-electron chi connectivity index (χ4n) is 4.51. The number of nitrogens with one attached hydrogen (secondary N) is 2. The lowest BCUT2D eigenvalue weighted by Crippen LogP contribution is -2.29. The number of benzene rings is 2. The molecule has 2 heterocycles. The number of aryl methyl sites for hydroxylation is 1. The Labute approximate surface area is 216 Å². The van der Waals surface area contributed by atoms with Gasteiger partial charge in [0.2, 0.25) is 5.95 Å². The Kier molecular flexibility index (Phi) is 6.98. The van der Waals surface area contributed by atoms with Gasteiger partial charge in [-0.2, -0.15) is 9.97 Å². The quantitative estimate of drug-likeness (QED) is 0.316. The van der Waals surface area contributed by atoms with Crippen LogP contribution in [0, 0.1) is 0 Å². The summed E-state index contributed by atoms with van der Waals surface area (Å²) in [6, 6.07) is 15.7. The van der Waals surface area contributed by atoms with Crippen molar-refractivity contribution in [3.8, 4) is 0 Å². The van der Waals surface area contributed by atoms with Crippen LogP contribution >= 0.6 is 0 Å². The summed E-state index contributed by atoms with van der Waals surface area (Å²) in [5.74, 6) is 1.07. The molecule has 1 fully saturated rings. The van der Waals surface area contributed by atoms with Crippen molar-refractivity contribution >= 4 is 44.3 Å². The van der Waals surface area contributed by atoms with E-state index in [1.165, 1.54) is 4.31 Å². The highest BCUT2D eigenvalue weighted by Gasteiger charge is 2.22. The molecule has 3 N–H and O–H groups in total. The molecule has 0 aliphatic heterocycles. The molecule has 0 spiro atoms. The lowest BCUT2D eigenvalue weighted by atomic mass is 9.93. The largest absolute Gasteiger partial charge is 0.393 e. The van der Waals surface area contributed by atoms with Gasteiger partial charge in [0.15, 0.2) is 17.0 Å². The first kappa shape index (κ1) is 25.0. The minimum absolute atomic E-state index is 0.202. The van der Waals surface area contributed by atoms with Gasteiger partial charge in [0.1, 0.15) is 0 Å². The molecule has 4 aromatic rings. The first-order chi connectivity index (χ1) is 17.8. The fraction of sp³-hybridized carbons (Fsp3) is 0.346. The Morgan fingerprint density at radius 1 is 1.03 bits per heavy atom. The zero-order chi connectivity index (χ0) is 26.0. The molecule has 0 radical (unpaired) electrons.